The van der Waals surface area contributed by atoms with Crippen molar-refractivity contribution in [3.8, 4) is 17.1 Å². The van der Waals surface area contributed by atoms with E-state index in [0.717, 1.165) is 11.6 Å². The van der Waals surface area contributed by atoms with Crippen LogP contribution in [0.5, 0.6) is 5.88 Å². The van der Waals surface area contributed by atoms with E-state index in [0.29, 0.717) is 48.9 Å². The smallest absolute Gasteiger partial charge is 0.418 e. The van der Waals surface area contributed by atoms with Crippen molar-refractivity contribution in [1.29, 1.82) is 0 Å². The molecule has 3 aliphatic heterocycles. The van der Waals surface area contributed by atoms with Gasteiger partial charge in [0.15, 0.2) is 0 Å². The average molecular weight is 686 g/mol. The van der Waals surface area contributed by atoms with Gasteiger partial charge in [0.05, 0.1) is 47.1 Å². The predicted molar refractivity (Wildman–Crippen MR) is 175 cm³/mol. The van der Waals surface area contributed by atoms with Gasteiger partial charge < -0.3 is 24.2 Å². The van der Waals surface area contributed by atoms with Crippen molar-refractivity contribution < 1.29 is 32.2 Å². The number of hydrogen-bond donors (Lipinski definition) is 0. The first-order chi connectivity index (χ1) is 22.7. The van der Waals surface area contributed by atoms with Gasteiger partial charge in [0.25, 0.3) is 0 Å². The molecule has 2 aromatic heterocycles. The summed E-state index contributed by atoms with van der Waals surface area (Å²) in [7, 11) is 0. The van der Waals surface area contributed by atoms with E-state index in [1.54, 1.807) is 16.0 Å². The van der Waals surface area contributed by atoms with Gasteiger partial charge in [-0.2, -0.15) is 13.2 Å². The zero-order valence-electron chi connectivity index (χ0n) is 27.4. The predicted octanol–water partition coefficient (Wildman–Crippen LogP) is 7.10. The van der Waals surface area contributed by atoms with Crippen LogP contribution in [0.2, 0.25) is 5.02 Å². The fourth-order valence-corrected chi connectivity index (χ4v) is 7.25. The van der Waals surface area contributed by atoms with Gasteiger partial charge in [0.1, 0.15) is 5.60 Å². The van der Waals surface area contributed by atoms with Crippen LogP contribution in [0.25, 0.3) is 11.3 Å². The molecule has 9 nitrogen and oxygen atoms in total. The Balaban J connectivity index is 1.35. The van der Waals surface area contributed by atoms with Gasteiger partial charge >= 0.3 is 12.3 Å². The summed E-state index contributed by atoms with van der Waals surface area (Å²) in [4.78, 5) is 42.2. The molecule has 5 heterocycles. The van der Waals surface area contributed by atoms with Crippen molar-refractivity contribution in [2.24, 2.45) is 0 Å². The highest BCUT2D eigenvalue weighted by atomic mass is 35.5. The Labute approximate surface area is 283 Å². The SMILES string of the molecule is CCOc1ncccc1-c1ccc2c(n1)CN([C@H]1CCN(C(=O)OC(C)(C)C)C1)C(=O)C21CCN(c2ccc(Cl)cc2C(F)(F)F)CC1. The summed E-state index contributed by atoms with van der Waals surface area (Å²) in [5, 5.41) is 0.00607. The number of alkyl halides is 3. The van der Waals surface area contributed by atoms with Crippen molar-refractivity contribution in [1.82, 2.24) is 19.8 Å². The lowest BCUT2D eigenvalue weighted by Crippen LogP contribution is -2.59. The molecule has 0 saturated carbocycles. The van der Waals surface area contributed by atoms with Gasteiger partial charge in [-0.1, -0.05) is 17.7 Å². The fraction of sp³-hybridized carbons (Fsp3) is 0.486. The van der Waals surface area contributed by atoms with Crippen LogP contribution in [0, 0.1) is 0 Å². The zero-order chi connectivity index (χ0) is 34.4. The number of hydrogen-bond acceptors (Lipinski definition) is 7. The van der Waals surface area contributed by atoms with E-state index >= 15 is 0 Å². The lowest BCUT2D eigenvalue weighted by molar-refractivity contribution is -0.143. The molecule has 0 N–H and O–H groups in total. The first kappa shape index (κ1) is 33.8. The summed E-state index contributed by atoms with van der Waals surface area (Å²) in [6, 6.07) is 11.0. The van der Waals surface area contributed by atoms with Crippen LogP contribution in [0.1, 0.15) is 63.8 Å². The van der Waals surface area contributed by atoms with E-state index in [1.807, 2.05) is 56.9 Å². The van der Waals surface area contributed by atoms with Gasteiger partial charge in [-0.05, 0) is 88.9 Å². The molecule has 3 aliphatic rings. The van der Waals surface area contributed by atoms with Crippen molar-refractivity contribution in [2.45, 2.75) is 76.7 Å². The Kier molecular flexibility index (Phi) is 8.99. The van der Waals surface area contributed by atoms with Gasteiger partial charge in [-0.25, -0.2) is 9.78 Å². The lowest BCUT2D eigenvalue weighted by Gasteiger charge is -2.49. The van der Waals surface area contributed by atoms with E-state index in [-0.39, 0.29) is 55.1 Å². The summed E-state index contributed by atoms with van der Waals surface area (Å²) >= 11 is 5.96. The molecule has 2 saturated heterocycles. The molecule has 0 bridgehead atoms. The number of aromatic nitrogens is 2. The standard InChI is InChI=1S/C35H39ClF3N5O4/c1-5-47-30-24(7-6-15-40-30)27-10-9-25-28(41-27)21-44(23-12-16-43(20-23)32(46)48-33(2,3)4)31(45)34(25)13-17-42(18-14-34)29-11-8-22(36)19-26(29)35(37,38)39/h6-11,15,19,23H,5,12-14,16-18,20-21H2,1-4H3/t23-/m0/s1. The van der Waals surface area contributed by atoms with E-state index in [4.69, 9.17) is 26.1 Å². The van der Waals surface area contributed by atoms with Crippen LogP contribution < -0.4 is 9.64 Å². The number of amides is 2. The van der Waals surface area contributed by atoms with E-state index in [1.165, 1.54) is 12.1 Å². The molecule has 2 fully saturated rings. The molecular formula is C35H39ClF3N5O4. The molecule has 1 spiro atoms. The Bertz CT molecular complexity index is 1700. The highest BCUT2D eigenvalue weighted by Gasteiger charge is 2.52. The van der Waals surface area contributed by atoms with Crippen molar-refractivity contribution in [3.05, 3.63) is 70.5 Å². The van der Waals surface area contributed by atoms with E-state index < -0.39 is 28.8 Å². The van der Waals surface area contributed by atoms with Gasteiger partial charge in [-0.3, -0.25) is 9.78 Å². The molecule has 0 unspecified atom stereocenters. The number of carbonyl (C=O) groups is 2. The number of fused-ring (bicyclic) bond motifs is 2. The van der Waals surface area contributed by atoms with Crippen molar-refractivity contribution >= 4 is 29.3 Å². The number of likely N-dealkylation sites (tertiary alicyclic amines) is 1. The monoisotopic (exact) mass is 685 g/mol. The Morgan fingerprint density at radius 2 is 1.83 bits per heavy atom. The van der Waals surface area contributed by atoms with Gasteiger partial charge in [-0.15, -0.1) is 0 Å². The topological polar surface area (TPSA) is 88.1 Å². The minimum atomic E-state index is -4.59. The Morgan fingerprint density at radius 1 is 1.08 bits per heavy atom. The maximum Gasteiger partial charge on any atom is 0.418 e. The third kappa shape index (κ3) is 6.51. The molecule has 1 atom stereocenters. The minimum absolute atomic E-state index is 0.00607. The molecule has 2 amide bonds. The second kappa shape index (κ2) is 12.8. The zero-order valence-corrected chi connectivity index (χ0v) is 28.2. The maximum absolute atomic E-state index is 14.7. The first-order valence-electron chi connectivity index (χ1n) is 16.2. The third-order valence-corrected chi connectivity index (χ3v) is 9.52. The van der Waals surface area contributed by atoms with Gasteiger partial charge in [0.2, 0.25) is 11.8 Å². The van der Waals surface area contributed by atoms with Crippen LogP contribution >= 0.6 is 11.6 Å². The lowest BCUT2D eigenvalue weighted by atomic mass is 9.68. The number of rotatable bonds is 5. The van der Waals surface area contributed by atoms with E-state index in [9.17, 15) is 22.8 Å². The van der Waals surface area contributed by atoms with Gasteiger partial charge in [0, 0.05) is 43.1 Å². The second-order valence-corrected chi connectivity index (χ2v) is 13.9. The van der Waals surface area contributed by atoms with E-state index in [2.05, 4.69) is 4.98 Å². The number of nitrogens with zero attached hydrogens (tertiary/aromatic N) is 5. The van der Waals surface area contributed by atoms with Crippen molar-refractivity contribution in [3.63, 3.8) is 0 Å². The Morgan fingerprint density at radius 3 is 2.52 bits per heavy atom. The number of halogens is 4. The molecule has 1 aromatic carbocycles. The average Bonchev–Trinajstić information content (AvgIpc) is 3.53. The molecule has 3 aromatic rings. The highest BCUT2D eigenvalue weighted by molar-refractivity contribution is 6.30. The molecule has 6 rings (SSSR count). The first-order valence-corrected chi connectivity index (χ1v) is 16.6. The number of benzene rings is 1. The normalized spacial score (nSPS) is 19.5. The second-order valence-electron chi connectivity index (χ2n) is 13.5. The molecule has 256 valence electrons. The third-order valence-electron chi connectivity index (χ3n) is 9.29. The summed E-state index contributed by atoms with van der Waals surface area (Å²) < 4.78 is 53.5. The molecule has 0 aliphatic carbocycles. The number of carbonyl (C=O) groups excluding carboxylic acids is 2. The molecule has 13 heteroatoms. The summed E-state index contributed by atoms with van der Waals surface area (Å²) in [6.07, 6.45) is -2.22. The quantitative estimate of drug-likeness (QED) is 0.283. The molecule has 48 heavy (non-hydrogen) atoms. The molecular weight excluding hydrogens is 647 g/mol. The van der Waals surface area contributed by atoms with Crippen LogP contribution in [0.15, 0.2) is 48.7 Å². The fourth-order valence-electron chi connectivity index (χ4n) is 7.08. The summed E-state index contributed by atoms with van der Waals surface area (Å²) in [6.45, 7) is 9.16. The van der Waals surface area contributed by atoms with Crippen LogP contribution in [-0.4, -0.2) is 76.2 Å². The summed E-state index contributed by atoms with van der Waals surface area (Å²) in [5.41, 5.74) is 0.434. The highest BCUT2D eigenvalue weighted by Crippen LogP contribution is 2.47. The number of ether oxygens (including phenoxy) is 2. The Hall–Kier alpha value is -4.06. The number of anilines is 1. The minimum Gasteiger partial charge on any atom is -0.477 e. The van der Waals surface area contributed by atoms with Crippen LogP contribution in [0.3, 0.4) is 0 Å². The summed E-state index contributed by atoms with van der Waals surface area (Å²) in [5.74, 6) is 0.357. The molecule has 0 radical (unpaired) electrons. The number of piperidine rings is 1. The number of pyridine rings is 2. The maximum atomic E-state index is 14.7. The van der Waals surface area contributed by atoms with Crippen molar-refractivity contribution in [2.75, 3.05) is 37.7 Å². The van der Waals surface area contributed by atoms with Crippen LogP contribution in [-0.2, 0) is 27.7 Å². The largest absolute Gasteiger partial charge is 0.477 e. The van der Waals surface area contributed by atoms with Crippen LogP contribution in [0.4, 0.5) is 23.7 Å².